The number of nitrogens with one attached hydrogen (secondary N) is 1. The van der Waals surface area contributed by atoms with Crippen LogP contribution in [0.3, 0.4) is 0 Å². The zero-order chi connectivity index (χ0) is 26.4. The molecular formula is C27H28FN3O5S. The number of hydrogen-bond acceptors (Lipinski definition) is 6. The zero-order valence-corrected chi connectivity index (χ0v) is 21.5. The Balaban J connectivity index is 1.53. The predicted octanol–water partition coefficient (Wildman–Crippen LogP) is 4.22. The summed E-state index contributed by atoms with van der Waals surface area (Å²) >= 11 is 0.871. The fraction of sp³-hybridized carbons (Fsp3) is 0.296. The second-order valence-electron chi connectivity index (χ2n) is 8.36. The molecule has 1 aliphatic rings. The molecule has 1 fully saturated rings. The molecule has 3 aromatic rings. The topological polar surface area (TPSA) is 89.9 Å². The minimum Gasteiger partial charge on any atom is -0.492 e. The van der Waals surface area contributed by atoms with Crippen molar-refractivity contribution in [2.24, 2.45) is 0 Å². The van der Waals surface area contributed by atoms with Gasteiger partial charge in [0.2, 0.25) is 5.91 Å². The van der Waals surface area contributed by atoms with E-state index in [0.29, 0.717) is 23.8 Å². The van der Waals surface area contributed by atoms with Crippen LogP contribution in [-0.2, 0) is 27.3 Å². The van der Waals surface area contributed by atoms with Gasteiger partial charge < -0.3 is 19.4 Å². The second kappa shape index (κ2) is 12.1. The third-order valence-electron chi connectivity index (χ3n) is 5.89. The van der Waals surface area contributed by atoms with Crippen LogP contribution in [0.15, 0.2) is 53.6 Å². The Morgan fingerprint density at radius 3 is 2.65 bits per heavy atom. The number of imide groups is 1. The summed E-state index contributed by atoms with van der Waals surface area (Å²) in [5.41, 5.74) is 2.75. The van der Waals surface area contributed by atoms with Crippen molar-refractivity contribution in [1.29, 1.82) is 0 Å². The zero-order valence-electron chi connectivity index (χ0n) is 20.7. The smallest absolute Gasteiger partial charge is 0.293 e. The molecule has 37 heavy (non-hydrogen) atoms. The highest BCUT2D eigenvalue weighted by atomic mass is 32.2. The van der Waals surface area contributed by atoms with Gasteiger partial charge in [0, 0.05) is 30.8 Å². The molecule has 0 saturated carbocycles. The van der Waals surface area contributed by atoms with Gasteiger partial charge in [-0.2, -0.15) is 0 Å². The van der Waals surface area contributed by atoms with Crippen molar-refractivity contribution >= 4 is 45.8 Å². The van der Waals surface area contributed by atoms with Gasteiger partial charge in [0.25, 0.3) is 11.1 Å². The van der Waals surface area contributed by atoms with Crippen LogP contribution in [0, 0.1) is 5.82 Å². The Bertz CT molecular complexity index is 1340. The van der Waals surface area contributed by atoms with Crippen molar-refractivity contribution in [1.82, 2.24) is 14.8 Å². The fourth-order valence-electron chi connectivity index (χ4n) is 4.11. The molecule has 4 rings (SSSR count). The number of ether oxygens (including phenoxy) is 2. The molecule has 3 amide bonds. The molecule has 2 heterocycles. The van der Waals surface area contributed by atoms with E-state index >= 15 is 0 Å². The molecule has 1 N–H and O–H groups in total. The Morgan fingerprint density at radius 2 is 1.92 bits per heavy atom. The molecule has 0 unspecified atom stereocenters. The van der Waals surface area contributed by atoms with E-state index in [1.807, 2.05) is 35.9 Å². The Labute approximate surface area is 218 Å². The summed E-state index contributed by atoms with van der Waals surface area (Å²) in [4.78, 5) is 39.5. The molecule has 194 valence electrons. The number of carbonyl (C=O) groups excluding carboxylic acids is 3. The van der Waals surface area contributed by atoms with Crippen LogP contribution in [0.5, 0.6) is 5.75 Å². The molecule has 1 aromatic heterocycles. The van der Waals surface area contributed by atoms with E-state index in [0.717, 1.165) is 45.1 Å². The van der Waals surface area contributed by atoms with Crippen molar-refractivity contribution in [3.05, 3.63) is 70.5 Å². The maximum atomic E-state index is 13.1. The van der Waals surface area contributed by atoms with E-state index < -0.39 is 5.91 Å². The first kappa shape index (κ1) is 26.4. The second-order valence-corrected chi connectivity index (χ2v) is 9.35. The third-order valence-corrected chi connectivity index (χ3v) is 6.80. The first-order valence-electron chi connectivity index (χ1n) is 11.9. The number of halogens is 1. The Hall–Kier alpha value is -3.63. The molecular weight excluding hydrogens is 497 g/mol. The molecule has 1 aliphatic heterocycles. The number of aryl methyl sites for hydroxylation is 1. The number of fused-ring (bicyclic) bond motifs is 1. The first-order chi connectivity index (χ1) is 17.9. The number of para-hydroxylation sites is 1. The first-order valence-corrected chi connectivity index (χ1v) is 12.7. The van der Waals surface area contributed by atoms with Crippen LogP contribution in [-0.4, -0.2) is 59.9 Å². The number of benzene rings is 2. The normalized spacial score (nSPS) is 14.7. The minimum atomic E-state index is -0.400. The molecule has 2 aromatic carbocycles. The van der Waals surface area contributed by atoms with Gasteiger partial charge in [0.1, 0.15) is 24.7 Å². The van der Waals surface area contributed by atoms with Gasteiger partial charge in [-0.3, -0.25) is 19.3 Å². The average molecular weight is 526 g/mol. The lowest BCUT2D eigenvalue weighted by Gasteiger charge is -2.13. The summed E-state index contributed by atoms with van der Waals surface area (Å²) in [7, 11) is 1.58. The van der Waals surface area contributed by atoms with Crippen molar-refractivity contribution in [2.75, 3.05) is 33.4 Å². The minimum absolute atomic E-state index is 0.0722. The molecule has 0 atom stereocenters. The van der Waals surface area contributed by atoms with Crippen LogP contribution >= 0.6 is 11.8 Å². The number of methoxy groups -OCH3 is 1. The molecule has 0 aliphatic carbocycles. The monoisotopic (exact) mass is 525 g/mol. The van der Waals surface area contributed by atoms with Gasteiger partial charge in [0.05, 0.1) is 23.6 Å². The van der Waals surface area contributed by atoms with Crippen LogP contribution in [0.2, 0.25) is 0 Å². The summed E-state index contributed by atoms with van der Waals surface area (Å²) < 4.78 is 25.5. The quantitative estimate of drug-likeness (QED) is 0.298. The SMILES string of the molecule is CCc1cccc2c(/C=C3\SC(=O)N(CCOc4ccc(F)cc4)C3=O)cn(CC(=O)NCCOC)c12. The Morgan fingerprint density at radius 1 is 1.14 bits per heavy atom. The maximum absolute atomic E-state index is 13.1. The van der Waals surface area contributed by atoms with Gasteiger partial charge in [0.15, 0.2) is 0 Å². The largest absolute Gasteiger partial charge is 0.492 e. The lowest BCUT2D eigenvalue weighted by molar-refractivity contribution is -0.123. The van der Waals surface area contributed by atoms with E-state index in [1.165, 1.54) is 24.3 Å². The van der Waals surface area contributed by atoms with E-state index in [9.17, 15) is 18.8 Å². The molecule has 0 radical (unpaired) electrons. The maximum Gasteiger partial charge on any atom is 0.293 e. The molecule has 0 bridgehead atoms. The number of thioether (sulfide) groups is 1. The third kappa shape index (κ3) is 6.20. The molecule has 1 saturated heterocycles. The van der Waals surface area contributed by atoms with E-state index in [2.05, 4.69) is 5.32 Å². The van der Waals surface area contributed by atoms with Gasteiger partial charge in [-0.25, -0.2) is 4.39 Å². The number of nitrogens with zero attached hydrogens (tertiary/aromatic N) is 2. The highest BCUT2D eigenvalue weighted by molar-refractivity contribution is 8.18. The number of rotatable bonds is 11. The predicted molar refractivity (Wildman–Crippen MR) is 141 cm³/mol. The summed E-state index contributed by atoms with van der Waals surface area (Å²) in [5.74, 6) is -0.465. The van der Waals surface area contributed by atoms with E-state index in [4.69, 9.17) is 9.47 Å². The number of amides is 3. The van der Waals surface area contributed by atoms with Crippen LogP contribution in [0.1, 0.15) is 18.1 Å². The number of aromatic nitrogens is 1. The van der Waals surface area contributed by atoms with Gasteiger partial charge in [-0.05, 0) is 54.1 Å². The highest BCUT2D eigenvalue weighted by Crippen LogP contribution is 2.34. The van der Waals surface area contributed by atoms with Gasteiger partial charge in [-0.1, -0.05) is 25.1 Å². The summed E-state index contributed by atoms with van der Waals surface area (Å²) in [6.45, 7) is 3.17. The van der Waals surface area contributed by atoms with Crippen molar-refractivity contribution in [3.8, 4) is 5.75 Å². The van der Waals surface area contributed by atoms with Crippen molar-refractivity contribution in [2.45, 2.75) is 19.9 Å². The average Bonchev–Trinajstić information content (AvgIpc) is 3.36. The summed E-state index contributed by atoms with van der Waals surface area (Å²) in [5, 5.41) is 3.35. The lowest BCUT2D eigenvalue weighted by Crippen LogP contribution is -2.32. The molecule has 0 spiro atoms. The summed E-state index contributed by atoms with van der Waals surface area (Å²) in [6.07, 6.45) is 4.31. The van der Waals surface area contributed by atoms with Crippen LogP contribution in [0.4, 0.5) is 9.18 Å². The fourth-order valence-corrected chi connectivity index (χ4v) is 4.97. The molecule has 8 nitrogen and oxygen atoms in total. The van der Waals surface area contributed by atoms with Crippen LogP contribution < -0.4 is 10.1 Å². The van der Waals surface area contributed by atoms with Crippen molar-refractivity contribution < 1.29 is 28.2 Å². The number of carbonyl (C=O) groups is 3. The van der Waals surface area contributed by atoms with Gasteiger partial charge in [-0.15, -0.1) is 0 Å². The van der Waals surface area contributed by atoms with Gasteiger partial charge >= 0.3 is 0 Å². The number of hydrogen-bond donors (Lipinski definition) is 1. The lowest BCUT2D eigenvalue weighted by atomic mass is 10.1. The van der Waals surface area contributed by atoms with E-state index in [1.54, 1.807) is 13.2 Å². The summed E-state index contributed by atoms with van der Waals surface area (Å²) in [6, 6.07) is 11.4. The van der Waals surface area contributed by atoms with Crippen molar-refractivity contribution in [3.63, 3.8) is 0 Å². The molecule has 10 heteroatoms. The standard InChI is InChI=1S/C27H28FN3O5S/c1-3-18-5-4-6-22-19(16-30(25(18)22)17-24(32)29-11-13-35-2)15-23-26(33)31(27(34)37-23)12-14-36-21-9-7-20(28)8-10-21/h4-10,15-16H,3,11-14,17H2,1-2H3,(H,29,32)/b23-15-. The van der Waals surface area contributed by atoms with Crippen LogP contribution in [0.25, 0.3) is 17.0 Å². The Kier molecular flexibility index (Phi) is 8.62. The highest BCUT2D eigenvalue weighted by Gasteiger charge is 2.35. The van der Waals surface area contributed by atoms with E-state index in [-0.39, 0.29) is 36.7 Å².